The second-order valence-corrected chi connectivity index (χ2v) is 6.60. The Morgan fingerprint density at radius 2 is 2.00 bits per heavy atom. The fraction of sp³-hybridized carbons (Fsp3) is 0.562. The quantitative estimate of drug-likeness (QED) is 0.507. The van der Waals surface area contributed by atoms with Crippen LogP contribution in [0.1, 0.15) is 44.1 Å². The lowest BCUT2D eigenvalue weighted by Crippen LogP contribution is -2.35. The van der Waals surface area contributed by atoms with Gasteiger partial charge in [0.1, 0.15) is 0 Å². The van der Waals surface area contributed by atoms with E-state index in [4.69, 9.17) is 5.73 Å². The number of thioether (sulfide) groups is 1. The van der Waals surface area contributed by atoms with E-state index in [-0.39, 0.29) is 5.91 Å². The minimum absolute atomic E-state index is 0.128. The van der Waals surface area contributed by atoms with Crippen molar-refractivity contribution < 1.29 is 4.79 Å². The Bertz CT molecular complexity index is 454. The van der Waals surface area contributed by atoms with Gasteiger partial charge in [0.05, 0.1) is 5.75 Å². The second kappa shape index (κ2) is 7.58. The highest BCUT2D eigenvalue weighted by molar-refractivity contribution is 8.00. The summed E-state index contributed by atoms with van der Waals surface area (Å²) in [5, 5.41) is 3.16. The molecule has 1 aromatic carbocycles. The monoisotopic (exact) mass is 292 g/mol. The molecule has 1 amide bonds. The Morgan fingerprint density at radius 1 is 1.30 bits per heavy atom. The summed E-state index contributed by atoms with van der Waals surface area (Å²) in [6.07, 6.45) is 7.35. The molecule has 1 aromatic rings. The zero-order valence-electron chi connectivity index (χ0n) is 12.2. The molecule has 0 spiro atoms. The van der Waals surface area contributed by atoms with E-state index in [0.29, 0.717) is 11.8 Å². The van der Waals surface area contributed by atoms with Crippen LogP contribution in [0.4, 0.5) is 5.69 Å². The summed E-state index contributed by atoms with van der Waals surface area (Å²) in [6, 6.07) is 6.31. The molecular formula is C16H24N2OS. The number of rotatable bonds is 4. The first-order valence-corrected chi connectivity index (χ1v) is 8.42. The molecule has 3 N–H and O–H groups in total. The van der Waals surface area contributed by atoms with Crippen molar-refractivity contribution in [1.82, 2.24) is 5.32 Å². The van der Waals surface area contributed by atoms with Crippen LogP contribution in [0, 0.1) is 6.92 Å². The van der Waals surface area contributed by atoms with Gasteiger partial charge in [-0.2, -0.15) is 0 Å². The number of amides is 1. The summed E-state index contributed by atoms with van der Waals surface area (Å²) in [5.74, 6) is 0.576. The molecule has 0 heterocycles. The molecule has 0 saturated heterocycles. The molecule has 1 saturated carbocycles. The number of hydrogen-bond acceptors (Lipinski definition) is 3. The van der Waals surface area contributed by atoms with E-state index >= 15 is 0 Å². The molecule has 20 heavy (non-hydrogen) atoms. The van der Waals surface area contributed by atoms with Crippen molar-refractivity contribution >= 4 is 23.4 Å². The Labute approximate surface area is 125 Å². The molecule has 0 aromatic heterocycles. The molecule has 110 valence electrons. The second-order valence-electron chi connectivity index (χ2n) is 5.59. The molecule has 0 atom stereocenters. The molecule has 2 rings (SSSR count). The van der Waals surface area contributed by atoms with Gasteiger partial charge in [0.2, 0.25) is 5.91 Å². The fourth-order valence-electron chi connectivity index (χ4n) is 2.60. The van der Waals surface area contributed by atoms with Gasteiger partial charge in [0.25, 0.3) is 0 Å². The van der Waals surface area contributed by atoms with E-state index in [0.717, 1.165) is 23.4 Å². The molecule has 0 radical (unpaired) electrons. The highest BCUT2D eigenvalue weighted by Crippen LogP contribution is 2.26. The average molecular weight is 292 g/mol. The summed E-state index contributed by atoms with van der Waals surface area (Å²) in [4.78, 5) is 13.0. The van der Waals surface area contributed by atoms with Crippen LogP contribution in [-0.4, -0.2) is 17.7 Å². The first kappa shape index (κ1) is 15.2. The van der Waals surface area contributed by atoms with Gasteiger partial charge in [-0.1, -0.05) is 31.7 Å². The maximum atomic E-state index is 12.0. The Kier molecular flexibility index (Phi) is 5.77. The summed E-state index contributed by atoms with van der Waals surface area (Å²) < 4.78 is 0. The van der Waals surface area contributed by atoms with Crippen LogP contribution < -0.4 is 11.1 Å². The normalized spacial score (nSPS) is 16.6. The molecule has 1 fully saturated rings. The van der Waals surface area contributed by atoms with Gasteiger partial charge < -0.3 is 11.1 Å². The third kappa shape index (κ3) is 4.75. The van der Waals surface area contributed by atoms with Gasteiger partial charge in [-0.3, -0.25) is 4.79 Å². The number of hydrogen-bond donors (Lipinski definition) is 2. The first-order valence-electron chi connectivity index (χ1n) is 7.43. The van der Waals surface area contributed by atoms with Crippen molar-refractivity contribution in [2.24, 2.45) is 0 Å². The van der Waals surface area contributed by atoms with Gasteiger partial charge in [0.15, 0.2) is 0 Å². The maximum Gasteiger partial charge on any atom is 0.230 e. The van der Waals surface area contributed by atoms with Crippen LogP contribution in [0.2, 0.25) is 0 Å². The highest BCUT2D eigenvalue weighted by Gasteiger charge is 2.15. The summed E-state index contributed by atoms with van der Waals surface area (Å²) in [6.45, 7) is 2.04. The fourth-order valence-corrected chi connectivity index (χ4v) is 3.48. The average Bonchev–Trinajstić information content (AvgIpc) is 2.68. The van der Waals surface area contributed by atoms with Crippen LogP contribution in [0.5, 0.6) is 0 Å². The zero-order valence-corrected chi connectivity index (χ0v) is 13.0. The van der Waals surface area contributed by atoms with E-state index in [1.54, 1.807) is 0 Å². The van der Waals surface area contributed by atoms with Crippen molar-refractivity contribution in [3.05, 3.63) is 23.8 Å². The minimum Gasteiger partial charge on any atom is -0.398 e. The number of carbonyl (C=O) groups is 1. The third-order valence-corrected chi connectivity index (χ3v) is 4.82. The minimum atomic E-state index is 0.128. The molecule has 0 aliphatic heterocycles. The number of nitrogens with two attached hydrogens (primary N) is 1. The largest absolute Gasteiger partial charge is 0.398 e. The molecule has 1 aliphatic rings. The van der Waals surface area contributed by atoms with E-state index in [9.17, 15) is 4.79 Å². The van der Waals surface area contributed by atoms with Crippen molar-refractivity contribution in [3.8, 4) is 0 Å². The number of benzene rings is 1. The van der Waals surface area contributed by atoms with Gasteiger partial charge in [-0.25, -0.2) is 0 Å². The summed E-state index contributed by atoms with van der Waals surface area (Å²) in [5.41, 5.74) is 7.85. The first-order chi connectivity index (χ1) is 9.65. The predicted molar refractivity (Wildman–Crippen MR) is 85.9 cm³/mol. The van der Waals surface area contributed by atoms with Crippen LogP contribution in [0.3, 0.4) is 0 Å². The Morgan fingerprint density at radius 3 is 2.70 bits per heavy atom. The topological polar surface area (TPSA) is 55.1 Å². The summed E-state index contributed by atoms with van der Waals surface area (Å²) in [7, 11) is 0. The van der Waals surface area contributed by atoms with Crippen molar-refractivity contribution in [2.75, 3.05) is 11.5 Å². The summed E-state index contributed by atoms with van der Waals surface area (Å²) >= 11 is 1.53. The molecule has 0 bridgehead atoms. The van der Waals surface area contributed by atoms with Crippen LogP contribution >= 0.6 is 11.8 Å². The van der Waals surface area contributed by atoms with Crippen LogP contribution in [0.15, 0.2) is 23.1 Å². The standard InChI is InChI=1S/C16H24N2OS/c1-12-8-9-14(17)15(10-12)20-11-16(19)18-13-6-4-2-3-5-7-13/h8-10,13H,2-7,11,17H2,1H3,(H,18,19). The van der Waals surface area contributed by atoms with E-state index in [2.05, 4.69) is 5.32 Å². The van der Waals surface area contributed by atoms with Crippen LogP contribution in [-0.2, 0) is 4.79 Å². The zero-order chi connectivity index (χ0) is 14.4. The number of nitrogen functional groups attached to an aromatic ring is 1. The van der Waals surface area contributed by atoms with Gasteiger partial charge in [0, 0.05) is 16.6 Å². The number of carbonyl (C=O) groups excluding carboxylic acids is 1. The smallest absolute Gasteiger partial charge is 0.230 e. The molecule has 0 unspecified atom stereocenters. The van der Waals surface area contributed by atoms with E-state index in [1.165, 1.54) is 43.0 Å². The predicted octanol–water partition coefficient (Wildman–Crippen LogP) is 3.51. The highest BCUT2D eigenvalue weighted by atomic mass is 32.2. The lowest BCUT2D eigenvalue weighted by atomic mass is 10.1. The molecule has 1 aliphatic carbocycles. The van der Waals surface area contributed by atoms with Crippen molar-refractivity contribution in [1.29, 1.82) is 0 Å². The number of anilines is 1. The van der Waals surface area contributed by atoms with Crippen molar-refractivity contribution in [2.45, 2.75) is 56.4 Å². The Hall–Kier alpha value is -1.16. The van der Waals surface area contributed by atoms with E-state index in [1.807, 2.05) is 25.1 Å². The maximum absolute atomic E-state index is 12.0. The van der Waals surface area contributed by atoms with Gasteiger partial charge in [-0.05, 0) is 37.5 Å². The lowest BCUT2D eigenvalue weighted by molar-refractivity contribution is -0.119. The van der Waals surface area contributed by atoms with Gasteiger partial charge >= 0.3 is 0 Å². The Balaban J connectivity index is 1.81. The third-order valence-electron chi connectivity index (χ3n) is 3.75. The van der Waals surface area contributed by atoms with Crippen LogP contribution in [0.25, 0.3) is 0 Å². The SMILES string of the molecule is Cc1ccc(N)c(SCC(=O)NC2CCCCCC2)c1. The number of nitrogens with one attached hydrogen (secondary N) is 1. The lowest BCUT2D eigenvalue weighted by Gasteiger charge is -2.16. The molecular weight excluding hydrogens is 268 g/mol. The molecule has 3 nitrogen and oxygen atoms in total. The number of aryl methyl sites for hydroxylation is 1. The van der Waals surface area contributed by atoms with Crippen molar-refractivity contribution in [3.63, 3.8) is 0 Å². The van der Waals surface area contributed by atoms with E-state index < -0.39 is 0 Å². The van der Waals surface area contributed by atoms with Gasteiger partial charge in [-0.15, -0.1) is 11.8 Å². The molecule has 4 heteroatoms.